The molecule has 0 aromatic heterocycles. The molecule has 2 aromatic carbocycles. The van der Waals surface area contributed by atoms with Gasteiger partial charge in [0.2, 0.25) is 11.8 Å². The molecule has 0 atom stereocenters. The highest BCUT2D eigenvalue weighted by Gasteiger charge is 2.37. The summed E-state index contributed by atoms with van der Waals surface area (Å²) in [4.78, 5) is 29.6. The second-order valence-electron chi connectivity index (χ2n) is 10.8. The average Bonchev–Trinajstić information content (AvgIpc) is 2.90. The number of rotatable bonds is 8. The van der Waals surface area contributed by atoms with Gasteiger partial charge >= 0.3 is 0 Å². The topological polar surface area (TPSA) is 52.7 Å². The third-order valence-corrected chi connectivity index (χ3v) is 8.16. The summed E-state index contributed by atoms with van der Waals surface area (Å²) in [5, 5.41) is 3.21. The molecule has 4 rings (SSSR count). The van der Waals surface area contributed by atoms with Crippen LogP contribution < -0.4 is 5.32 Å². The fourth-order valence-corrected chi connectivity index (χ4v) is 5.66. The summed E-state index contributed by atoms with van der Waals surface area (Å²) in [6.45, 7) is 3.47. The molecule has 0 unspecified atom stereocenters. The lowest BCUT2D eigenvalue weighted by Gasteiger charge is -2.45. The molecule has 5 nitrogen and oxygen atoms in total. The number of amides is 2. The molecular weight excluding hydrogens is 446 g/mol. The smallest absolute Gasteiger partial charge is 0.223 e. The molecule has 0 radical (unpaired) electrons. The van der Waals surface area contributed by atoms with Crippen LogP contribution in [0.1, 0.15) is 61.6 Å². The number of nitrogens with one attached hydrogen (secondary N) is 1. The van der Waals surface area contributed by atoms with Crippen LogP contribution in [-0.2, 0) is 16.0 Å². The van der Waals surface area contributed by atoms with Crippen molar-refractivity contribution in [2.45, 2.75) is 69.9 Å². The van der Waals surface area contributed by atoms with Crippen LogP contribution >= 0.6 is 0 Å². The summed E-state index contributed by atoms with van der Waals surface area (Å²) in [6.07, 6.45) is 8.65. The fraction of sp³-hybridized carbons (Fsp3) is 0.484. The molecule has 1 aliphatic carbocycles. The Morgan fingerprint density at radius 3 is 2.31 bits per heavy atom. The first-order valence-electron chi connectivity index (χ1n) is 13.4. The van der Waals surface area contributed by atoms with Crippen LogP contribution in [0.4, 0.5) is 0 Å². The van der Waals surface area contributed by atoms with E-state index in [9.17, 15) is 9.59 Å². The second kappa shape index (κ2) is 11.9. The molecule has 1 saturated carbocycles. The number of aryl methyl sites for hydroxylation is 1. The first-order valence-corrected chi connectivity index (χ1v) is 13.4. The van der Waals surface area contributed by atoms with E-state index in [1.165, 1.54) is 22.3 Å². The van der Waals surface area contributed by atoms with Crippen LogP contribution in [0.5, 0.6) is 0 Å². The first-order chi connectivity index (χ1) is 17.3. The van der Waals surface area contributed by atoms with E-state index in [2.05, 4.69) is 73.7 Å². The molecule has 192 valence electrons. The minimum absolute atomic E-state index is 0.00163. The van der Waals surface area contributed by atoms with Crippen molar-refractivity contribution in [1.82, 2.24) is 15.1 Å². The number of carbonyl (C=O) groups excluding carboxylic acids is 2. The number of hydrogen-bond acceptors (Lipinski definition) is 3. The van der Waals surface area contributed by atoms with Crippen molar-refractivity contribution >= 4 is 17.4 Å². The van der Waals surface area contributed by atoms with Crippen molar-refractivity contribution in [3.63, 3.8) is 0 Å². The zero-order chi connectivity index (χ0) is 25.5. The monoisotopic (exact) mass is 487 g/mol. The molecule has 0 spiro atoms. The zero-order valence-electron chi connectivity index (χ0n) is 22.1. The maximum Gasteiger partial charge on any atom is 0.223 e. The Bertz CT molecular complexity index is 1050. The van der Waals surface area contributed by atoms with Crippen LogP contribution in [0.3, 0.4) is 0 Å². The Labute approximate surface area is 216 Å². The molecule has 36 heavy (non-hydrogen) atoms. The van der Waals surface area contributed by atoms with Crippen molar-refractivity contribution in [1.29, 1.82) is 0 Å². The highest BCUT2D eigenvalue weighted by Crippen LogP contribution is 2.35. The van der Waals surface area contributed by atoms with Gasteiger partial charge < -0.3 is 15.1 Å². The first kappa shape index (κ1) is 26.2. The molecule has 2 amide bonds. The van der Waals surface area contributed by atoms with Crippen molar-refractivity contribution in [2.75, 3.05) is 27.2 Å². The Kier molecular flexibility index (Phi) is 8.63. The summed E-state index contributed by atoms with van der Waals surface area (Å²) < 4.78 is 0. The van der Waals surface area contributed by atoms with Gasteiger partial charge in [0.1, 0.15) is 0 Å². The van der Waals surface area contributed by atoms with E-state index in [1.54, 1.807) is 0 Å². The van der Waals surface area contributed by atoms with Crippen LogP contribution in [0, 0.1) is 6.92 Å². The van der Waals surface area contributed by atoms with E-state index in [0.717, 1.165) is 45.1 Å². The van der Waals surface area contributed by atoms with Crippen LogP contribution in [0.15, 0.2) is 60.7 Å². The number of benzene rings is 2. The van der Waals surface area contributed by atoms with E-state index in [0.29, 0.717) is 6.54 Å². The lowest BCUT2D eigenvalue weighted by molar-refractivity contribution is -0.133. The molecule has 0 saturated heterocycles. The maximum atomic E-state index is 12.7. The molecule has 5 heteroatoms. The second-order valence-corrected chi connectivity index (χ2v) is 10.8. The van der Waals surface area contributed by atoms with Crippen molar-refractivity contribution in [2.24, 2.45) is 0 Å². The molecule has 1 N–H and O–H groups in total. The van der Waals surface area contributed by atoms with Gasteiger partial charge in [-0.3, -0.25) is 9.59 Å². The van der Waals surface area contributed by atoms with Crippen LogP contribution in [0.2, 0.25) is 0 Å². The Morgan fingerprint density at radius 2 is 1.69 bits per heavy atom. The van der Waals surface area contributed by atoms with Gasteiger partial charge in [-0.15, -0.1) is 0 Å². The third kappa shape index (κ3) is 6.64. The molecule has 1 aliphatic heterocycles. The minimum atomic E-state index is 0.00163. The summed E-state index contributed by atoms with van der Waals surface area (Å²) in [5.41, 5.74) is 5.32. The maximum absolute atomic E-state index is 12.7. The van der Waals surface area contributed by atoms with Crippen molar-refractivity contribution in [3.05, 3.63) is 77.4 Å². The van der Waals surface area contributed by atoms with Crippen molar-refractivity contribution in [3.8, 4) is 0 Å². The van der Waals surface area contributed by atoms with Gasteiger partial charge in [0.15, 0.2) is 0 Å². The summed E-state index contributed by atoms with van der Waals surface area (Å²) in [5.74, 6) is 0.0728. The molecule has 2 aromatic rings. The van der Waals surface area contributed by atoms with Gasteiger partial charge in [-0.05, 0) is 76.2 Å². The molecular formula is C31H41N3O2. The summed E-state index contributed by atoms with van der Waals surface area (Å²) in [6, 6.07) is 19.4. The number of carbonyl (C=O) groups is 2. The highest BCUT2D eigenvalue weighted by atomic mass is 16.2. The predicted molar refractivity (Wildman–Crippen MR) is 147 cm³/mol. The van der Waals surface area contributed by atoms with Crippen molar-refractivity contribution < 1.29 is 9.59 Å². The normalized spacial score (nSPS) is 22.3. The third-order valence-electron chi connectivity index (χ3n) is 8.16. The van der Waals surface area contributed by atoms with E-state index >= 15 is 0 Å². The van der Waals surface area contributed by atoms with E-state index in [1.807, 2.05) is 23.1 Å². The Morgan fingerprint density at radius 1 is 1.00 bits per heavy atom. The SMILES string of the molecule is Cc1ccc(CC2(N(C)C)CCC(NC(=O)CCC(=O)N3CC=C(c4ccccc4)CC3)CC2)cc1. The van der Waals surface area contributed by atoms with E-state index in [-0.39, 0.29) is 36.2 Å². The number of likely N-dealkylation sites (N-methyl/N-ethyl adjacent to an activating group) is 1. The van der Waals surface area contributed by atoms with Gasteiger partial charge in [0.25, 0.3) is 0 Å². The lowest BCUT2D eigenvalue weighted by atomic mass is 9.74. The Hall–Kier alpha value is -2.92. The zero-order valence-corrected chi connectivity index (χ0v) is 22.1. The lowest BCUT2D eigenvalue weighted by Crippen LogP contribution is -2.52. The summed E-state index contributed by atoms with van der Waals surface area (Å²) in [7, 11) is 4.36. The molecule has 2 aliphatic rings. The predicted octanol–water partition coefficient (Wildman–Crippen LogP) is 4.99. The van der Waals surface area contributed by atoms with E-state index in [4.69, 9.17) is 0 Å². The van der Waals surface area contributed by atoms with Crippen LogP contribution in [0.25, 0.3) is 5.57 Å². The average molecular weight is 488 g/mol. The highest BCUT2D eigenvalue weighted by molar-refractivity contribution is 5.84. The van der Waals surface area contributed by atoms with Crippen LogP contribution in [-0.4, -0.2) is 60.4 Å². The summed E-state index contributed by atoms with van der Waals surface area (Å²) >= 11 is 0. The molecule has 1 fully saturated rings. The number of hydrogen-bond donors (Lipinski definition) is 1. The van der Waals surface area contributed by atoms with E-state index < -0.39 is 0 Å². The van der Waals surface area contributed by atoms with Gasteiger partial charge in [-0.25, -0.2) is 0 Å². The largest absolute Gasteiger partial charge is 0.353 e. The molecule has 1 heterocycles. The number of nitrogens with zero attached hydrogens (tertiary/aromatic N) is 2. The molecule has 0 bridgehead atoms. The Balaban J connectivity index is 1.21. The standard InChI is InChI=1S/C31H41N3O2/c1-24-9-11-25(12-10-24)23-31(33(2)3)19-15-28(16-20-31)32-29(35)13-14-30(36)34-21-17-27(18-22-34)26-7-5-4-6-8-26/h4-12,17,28H,13-16,18-23H2,1-3H3,(H,32,35). The van der Waals surface area contributed by atoms with Gasteiger partial charge in [0.05, 0.1) is 0 Å². The quantitative estimate of drug-likeness (QED) is 0.571. The fourth-order valence-electron chi connectivity index (χ4n) is 5.66. The minimum Gasteiger partial charge on any atom is -0.353 e. The van der Waals surface area contributed by atoms with Gasteiger partial charge in [0, 0.05) is 37.5 Å². The van der Waals surface area contributed by atoms with Gasteiger partial charge in [-0.1, -0.05) is 66.2 Å². The van der Waals surface area contributed by atoms with Gasteiger partial charge in [-0.2, -0.15) is 0 Å².